The maximum Gasteiger partial charge on any atom is 0.227 e. The van der Waals surface area contributed by atoms with Gasteiger partial charge in [0.25, 0.3) is 0 Å². The van der Waals surface area contributed by atoms with Crippen molar-refractivity contribution in [2.45, 2.75) is 38.8 Å². The van der Waals surface area contributed by atoms with Crippen LogP contribution >= 0.6 is 0 Å². The minimum atomic E-state index is -0.0507. The molecule has 1 saturated heterocycles. The van der Waals surface area contributed by atoms with Crippen molar-refractivity contribution in [3.63, 3.8) is 0 Å². The minimum Gasteiger partial charge on any atom is -0.379 e. The summed E-state index contributed by atoms with van der Waals surface area (Å²) < 4.78 is 7.48. The van der Waals surface area contributed by atoms with Crippen molar-refractivity contribution >= 4 is 5.91 Å². The molecule has 6 heteroatoms. The molecule has 0 radical (unpaired) electrons. The maximum atomic E-state index is 12.2. The van der Waals surface area contributed by atoms with Crippen LogP contribution in [0.5, 0.6) is 0 Å². The Morgan fingerprint density at radius 1 is 1.38 bits per heavy atom. The molecule has 1 aliphatic heterocycles. The molecule has 6 nitrogen and oxygen atoms in total. The summed E-state index contributed by atoms with van der Waals surface area (Å²) in [4.78, 5) is 16.2. The highest BCUT2D eigenvalue weighted by molar-refractivity contribution is 5.79. The third-order valence-electron chi connectivity index (χ3n) is 3.78. The zero-order chi connectivity index (χ0) is 14.9. The normalized spacial score (nSPS) is 21.6. The predicted octanol–water partition coefficient (Wildman–Crippen LogP) is 0.794. The fraction of sp³-hybridized carbons (Fsp3) is 0.733. The third-order valence-corrected chi connectivity index (χ3v) is 3.78. The van der Waals surface area contributed by atoms with Gasteiger partial charge in [-0.1, -0.05) is 6.92 Å². The van der Waals surface area contributed by atoms with Gasteiger partial charge in [0.1, 0.15) is 0 Å². The molecule has 2 N–H and O–H groups in total. The Hall–Kier alpha value is -1.40. The summed E-state index contributed by atoms with van der Waals surface area (Å²) >= 11 is 0. The average Bonchev–Trinajstić information content (AvgIpc) is 3.15. The molecule has 2 rings (SSSR count). The van der Waals surface area contributed by atoms with E-state index in [2.05, 4.69) is 27.1 Å². The van der Waals surface area contributed by atoms with Gasteiger partial charge in [0, 0.05) is 31.5 Å². The molecule has 1 amide bonds. The second-order valence-electron chi connectivity index (χ2n) is 5.50. The molecule has 2 atom stereocenters. The van der Waals surface area contributed by atoms with E-state index in [1.54, 1.807) is 6.20 Å². The standard InChI is InChI=1S/C15H26N4O2/c1-2-5-17-14-11-21-10-13(14)15(20)18-6-3-4-8-19-9-7-16-12-19/h7,9,12-14,17H,2-6,8,10-11H2,1H3,(H,18,20). The van der Waals surface area contributed by atoms with Crippen LogP contribution in [0.25, 0.3) is 0 Å². The second-order valence-corrected chi connectivity index (χ2v) is 5.50. The molecule has 0 aliphatic carbocycles. The molecule has 2 unspecified atom stereocenters. The van der Waals surface area contributed by atoms with E-state index in [0.717, 1.165) is 38.9 Å². The molecule has 2 heterocycles. The summed E-state index contributed by atoms with van der Waals surface area (Å²) in [6.45, 7) is 5.90. The first-order valence-corrected chi connectivity index (χ1v) is 7.86. The first-order valence-electron chi connectivity index (χ1n) is 7.86. The predicted molar refractivity (Wildman–Crippen MR) is 80.9 cm³/mol. The molecule has 0 bridgehead atoms. The van der Waals surface area contributed by atoms with Crippen LogP contribution in [0.15, 0.2) is 18.7 Å². The second kappa shape index (κ2) is 8.79. The van der Waals surface area contributed by atoms with E-state index in [1.165, 1.54) is 0 Å². The Bertz CT molecular complexity index is 408. The fourth-order valence-corrected chi connectivity index (χ4v) is 2.52. The lowest BCUT2D eigenvalue weighted by molar-refractivity contribution is -0.125. The SMILES string of the molecule is CCCNC1COCC1C(=O)NCCCCn1ccnc1. The smallest absolute Gasteiger partial charge is 0.227 e. The van der Waals surface area contributed by atoms with E-state index >= 15 is 0 Å². The van der Waals surface area contributed by atoms with Crippen molar-refractivity contribution in [1.29, 1.82) is 0 Å². The number of ether oxygens (including phenoxy) is 1. The van der Waals surface area contributed by atoms with Crippen LogP contribution in [-0.2, 0) is 16.1 Å². The molecule has 1 aromatic heterocycles. The van der Waals surface area contributed by atoms with Crippen LogP contribution in [-0.4, -0.2) is 47.8 Å². The van der Waals surface area contributed by atoms with Gasteiger partial charge in [-0.2, -0.15) is 0 Å². The fourth-order valence-electron chi connectivity index (χ4n) is 2.52. The highest BCUT2D eigenvalue weighted by Crippen LogP contribution is 2.14. The lowest BCUT2D eigenvalue weighted by Gasteiger charge is -2.18. The van der Waals surface area contributed by atoms with Gasteiger partial charge >= 0.3 is 0 Å². The topological polar surface area (TPSA) is 68.2 Å². The Kier molecular flexibility index (Phi) is 6.69. The summed E-state index contributed by atoms with van der Waals surface area (Å²) in [5.41, 5.74) is 0. The minimum absolute atomic E-state index is 0.0507. The Morgan fingerprint density at radius 2 is 2.29 bits per heavy atom. The van der Waals surface area contributed by atoms with Gasteiger partial charge in [0.05, 0.1) is 25.5 Å². The van der Waals surface area contributed by atoms with E-state index < -0.39 is 0 Å². The van der Waals surface area contributed by atoms with E-state index in [4.69, 9.17) is 4.74 Å². The number of carbonyl (C=O) groups is 1. The highest BCUT2D eigenvalue weighted by atomic mass is 16.5. The molecule has 0 aromatic carbocycles. The summed E-state index contributed by atoms with van der Waals surface area (Å²) in [6.07, 6.45) is 8.64. The van der Waals surface area contributed by atoms with Crippen LogP contribution in [0.3, 0.4) is 0 Å². The molecule has 118 valence electrons. The lowest BCUT2D eigenvalue weighted by atomic mass is 10.0. The summed E-state index contributed by atoms with van der Waals surface area (Å²) in [7, 11) is 0. The van der Waals surface area contributed by atoms with Crippen molar-refractivity contribution in [2.24, 2.45) is 5.92 Å². The van der Waals surface area contributed by atoms with E-state index in [1.807, 2.05) is 12.5 Å². The summed E-state index contributed by atoms with van der Waals surface area (Å²) in [6, 6.07) is 0.163. The number of aryl methyl sites for hydroxylation is 1. The molecule has 0 spiro atoms. The average molecular weight is 294 g/mol. The zero-order valence-corrected chi connectivity index (χ0v) is 12.8. The van der Waals surface area contributed by atoms with E-state index in [-0.39, 0.29) is 17.9 Å². The van der Waals surface area contributed by atoms with Crippen LogP contribution in [0, 0.1) is 5.92 Å². The van der Waals surface area contributed by atoms with Crippen molar-refractivity contribution in [1.82, 2.24) is 20.2 Å². The number of unbranched alkanes of at least 4 members (excludes halogenated alkanes) is 1. The van der Waals surface area contributed by atoms with Crippen LogP contribution < -0.4 is 10.6 Å². The summed E-state index contributed by atoms with van der Waals surface area (Å²) in [5, 5.41) is 6.41. The number of imidazole rings is 1. The molecule has 1 fully saturated rings. The Labute approximate surface area is 126 Å². The van der Waals surface area contributed by atoms with Crippen molar-refractivity contribution < 1.29 is 9.53 Å². The number of nitrogens with one attached hydrogen (secondary N) is 2. The number of rotatable bonds is 9. The van der Waals surface area contributed by atoms with Gasteiger partial charge in [-0.05, 0) is 25.8 Å². The Balaban J connectivity index is 1.60. The molecule has 1 aromatic rings. The Morgan fingerprint density at radius 3 is 3.05 bits per heavy atom. The maximum absolute atomic E-state index is 12.2. The van der Waals surface area contributed by atoms with Gasteiger partial charge in [0.15, 0.2) is 0 Å². The zero-order valence-electron chi connectivity index (χ0n) is 12.8. The highest BCUT2D eigenvalue weighted by Gasteiger charge is 2.33. The van der Waals surface area contributed by atoms with E-state index in [9.17, 15) is 4.79 Å². The van der Waals surface area contributed by atoms with Crippen LogP contribution in [0.2, 0.25) is 0 Å². The molecular weight excluding hydrogens is 268 g/mol. The first-order chi connectivity index (χ1) is 10.3. The number of amides is 1. The number of carbonyl (C=O) groups excluding carboxylic acids is 1. The van der Waals surface area contributed by atoms with Gasteiger partial charge in [-0.3, -0.25) is 4.79 Å². The van der Waals surface area contributed by atoms with Crippen LogP contribution in [0.1, 0.15) is 26.2 Å². The molecule has 0 saturated carbocycles. The number of hydrogen-bond donors (Lipinski definition) is 2. The molecule has 21 heavy (non-hydrogen) atoms. The van der Waals surface area contributed by atoms with Gasteiger partial charge < -0.3 is 19.9 Å². The first kappa shape index (κ1) is 16.0. The van der Waals surface area contributed by atoms with Crippen LogP contribution in [0.4, 0.5) is 0 Å². The van der Waals surface area contributed by atoms with Crippen molar-refractivity contribution in [2.75, 3.05) is 26.3 Å². The molecular formula is C15H26N4O2. The van der Waals surface area contributed by atoms with Crippen molar-refractivity contribution in [3.8, 4) is 0 Å². The lowest BCUT2D eigenvalue weighted by Crippen LogP contribution is -2.44. The largest absolute Gasteiger partial charge is 0.379 e. The van der Waals surface area contributed by atoms with E-state index in [0.29, 0.717) is 13.2 Å². The quantitative estimate of drug-likeness (QED) is 0.661. The number of nitrogens with zero attached hydrogens (tertiary/aromatic N) is 2. The van der Waals surface area contributed by atoms with Gasteiger partial charge in [0.2, 0.25) is 5.91 Å². The summed E-state index contributed by atoms with van der Waals surface area (Å²) in [5.74, 6) is 0.0638. The van der Waals surface area contributed by atoms with Crippen molar-refractivity contribution in [3.05, 3.63) is 18.7 Å². The van der Waals surface area contributed by atoms with Gasteiger partial charge in [-0.25, -0.2) is 4.98 Å². The third kappa shape index (κ3) is 5.13. The van der Waals surface area contributed by atoms with Gasteiger partial charge in [-0.15, -0.1) is 0 Å². The number of hydrogen-bond acceptors (Lipinski definition) is 4. The number of aromatic nitrogens is 2. The molecule has 1 aliphatic rings. The monoisotopic (exact) mass is 294 g/mol.